The van der Waals surface area contributed by atoms with Crippen LogP contribution in [0.2, 0.25) is 0 Å². The largest absolute Gasteiger partial charge is 0.133 e. The van der Waals surface area contributed by atoms with Gasteiger partial charge in [-0.05, 0) is 42.6 Å². The van der Waals surface area contributed by atoms with Gasteiger partial charge in [-0.2, -0.15) is 0 Å². The van der Waals surface area contributed by atoms with Crippen molar-refractivity contribution in [2.75, 3.05) is 0 Å². The first kappa shape index (κ1) is 11.6. The van der Waals surface area contributed by atoms with Crippen LogP contribution in [-0.2, 0) is 0 Å². The highest BCUT2D eigenvalue weighted by Crippen LogP contribution is 2.41. The van der Waals surface area contributed by atoms with Crippen molar-refractivity contribution in [1.29, 1.82) is 0 Å². The summed E-state index contributed by atoms with van der Waals surface area (Å²) in [7, 11) is 0. The van der Waals surface area contributed by atoms with Gasteiger partial charge in [0, 0.05) is 0 Å². The normalized spacial score (nSPS) is 37.6. The van der Waals surface area contributed by atoms with Crippen LogP contribution in [0.1, 0.15) is 46.5 Å². The third kappa shape index (κ3) is 2.51. The van der Waals surface area contributed by atoms with Crippen LogP contribution in [0, 0.1) is 23.7 Å². The number of hydrogen-bond donors (Lipinski definition) is 0. The molecule has 1 rings (SSSR count). The van der Waals surface area contributed by atoms with E-state index in [1.165, 1.54) is 25.7 Å². The fraction of sp³-hybridized carbons (Fsp3) is 0.786. The average molecular weight is 192 g/mol. The molecule has 0 aromatic carbocycles. The van der Waals surface area contributed by atoms with Gasteiger partial charge in [-0.25, -0.2) is 0 Å². The Hall–Kier alpha value is -0.480. The maximum absolute atomic E-state index is 3.69. The lowest BCUT2D eigenvalue weighted by atomic mass is 9.66. The molecule has 0 heterocycles. The Morgan fingerprint density at radius 2 is 2.00 bits per heavy atom. The molecule has 14 heavy (non-hydrogen) atoms. The molecule has 0 radical (unpaired) electrons. The molecule has 4 atom stereocenters. The van der Waals surface area contributed by atoms with E-state index in [1.54, 1.807) is 0 Å². The van der Waals surface area contributed by atoms with Crippen LogP contribution < -0.4 is 0 Å². The number of rotatable bonds is 3. The van der Waals surface area contributed by atoms with Gasteiger partial charge in [-0.3, -0.25) is 0 Å². The molecule has 0 aliphatic heterocycles. The third-order valence-electron chi connectivity index (χ3n) is 3.97. The van der Waals surface area contributed by atoms with Crippen LogP contribution in [0.3, 0.4) is 0 Å². The molecule has 0 nitrogen and oxygen atoms in total. The summed E-state index contributed by atoms with van der Waals surface area (Å²) in [6, 6.07) is 0. The first-order valence-electron chi connectivity index (χ1n) is 6.08. The average Bonchev–Trinajstić information content (AvgIpc) is 2.17. The van der Waals surface area contributed by atoms with Crippen molar-refractivity contribution >= 4 is 0 Å². The van der Waals surface area contributed by atoms with Crippen LogP contribution in [-0.4, -0.2) is 0 Å². The van der Waals surface area contributed by atoms with E-state index in [2.05, 4.69) is 39.2 Å². The van der Waals surface area contributed by atoms with Gasteiger partial charge in [0.2, 0.25) is 0 Å². The predicted molar refractivity (Wildman–Crippen MR) is 63.2 cm³/mol. The van der Waals surface area contributed by atoms with Crippen molar-refractivity contribution in [2.45, 2.75) is 46.5 Å². The first-order valence-corrected chi connectivity index (χ1v) is 6.08. The second kappa shape index (κ2) is 5.41. The van der Waals surface area contributed by atoms with Gasteiger partial charge in [0.1, 0.15) is 0 Å². The van der Waals surface area contributed by atoms with Gasteiger partial charge < -0.3 is 0 Å². The van der Waals surface area contributed by atoms with Crippen molar-refractivity contribution in [3.8, 4) is 0 Å². The van der Waals surface area contributed by atoms with E-state index in [4.69, 9.17) is 0 Å². The summed E-state index contributed by atoms with van der Waals surface area (Å²) in [5.41, 5.74) is 2.96. The van der Waals surface area contributed by atoms with Crippen molar-refractivity contribution in [1.82, 2.24) is 0 Å². The minimum atomic E-state index is 0.746. The molecule has 0 aromatic heterocycles. The molecule has 1 saturated carbocycles. The summed E-state index contributed by atoms with van der Waals surface area (Å²) in [4.78, 5) is 0. The maximum Gasteiger partial charge on any atom is -0.0152 e. The van der Waals surface area contributed by atoms with Crippen LogP contribution in [0.5, 0.6) is 0 Å². The zero-order chi connectivity index (χ0) is 10.6. The van der Waals surface area contributed by atoms with Gasteiger partial charge in [-0.15, -0.1) is 5.73 Å². The predicted octanol–water partition coefficient (Wildman–Crippen LogP) is 4.43. The zero-order valence-electron chi connectivity index (χ0n) is 9.92. The fourth-order valence-corrected chi connectivity index (χ4v) is 3.28. The molecule has 0 aromatic rings. The van der Waals surface area contributed by atoms with E-state index in [0.717, 1.165) is 23.7 Å². The molecule has 1 fully saturated rings. The monoisotopic (exact) mass is 192 g/mol. The van der Waals surface area contributed by atoms with Crippen molar-refractivity contribution in [3.05, 3.63) is 18.4 Å². The Morgan fingerprint density at radius 3 is 2.50 bits per heavy atom. The van der Waals surface area contributed by atoms with Crippen molar-refractivity contribution in [2.24, 2.45) is 23.7 Å². The van der Waals surface area contributed by atoms with Crippen LogP contribution in [0.25, 0.3) is 0 Å². The molecular weight excluding hydrogens is 168 g/mol. The Morgan fingerprint density at radius 1 is 1.29 bits per heavy atom. The van der Waals surface area contributed by atoms with E-state index in [0.29, 0.717) is 0 Å². The molecular formula is C14H24. The molecule has 1 aliphatic rings. The second-order valence-electron chi connectivity index (χ2n) is 4.82. The van der Waals surface area contributed by atoms with Gasteiger partial charge in [0.25, 0.3) is 0 Å². The molecule has 0 heteroatoms. The Kier molecular flexibility index (Phi) is 4.48. The SMILES string of the molecule is C=C=CC1CC(C)C(CC)C(CC)C1. The van der Waals surface area contributed by atoms with E-state index >= 15 is 0 Å². The minimum Gasteiger partial charge on any atom is -0.133 e. The molecule has 4 unspecified atom stereocenters. The highest BCUT2D eigenvalue weighted by atomic mass is 14.4. The lowest BCUT2D eigenvalue weighted by Crippen LogP contribution is -2.30. The zero-order valence-corrected chi connectivity index (χ0v) is 9.92. The molecule has 0 N–H and O–H groups in total. The molecule has 0 bridgehead atoms. The summed E-state index contributed by atoms with van der Waals surface area (Å²) in [5, 5.41) is 0. The standard InChI is InChI=1S/C14H24/c1-5-8-12-9-11(4)14(7-3)13(6-2)10-12/h8,11-14H,1,6-7,9-10H2,2-4H3. The molecule has 0 saturated heterocycles. The van der Waals surface area contributed by atoms with Crippen molar-refractivity contribution in [3.63, 3.8) is 0 Å². The summed E-state index contributed by atoms with van der Waals surface area (Å²) in [6.07, 6.45) is 7.58. The third-order valence-corrected chi connectivity index (χ3v) is 3.97. The lowest BCUT2D eigenvalue weighted by Gasteiger charge is -2.39. The second-order valence-corrected chi connectivity index (χ2v) is 4.82. The molecule has 1 aliphatic carbocycles. The van der Waals surface area contributed by atoms with E-state index in [1.807, 2.05) is 0 Å². The Labute approximate surface area is 89.1 Å². The Bertz CT molecular complexity index is 210. The quantitative estimate of drug-likeness (QED) is 0.580. The minimum absolute atomic E-state index is 0.746. The van der Waals surface area contributed by atoms with E-state index < -0.39 is 0 Å². The van der Waals surface area contributed by atoms with Crippen LogP contribution >= 0.6 is 0 Å². The van der Waals surface area contributed by atoms with Crippen LogP contribution in [0.15, 0.2) is 18.4 Å². The summed E-state index contributed by atoms with van der Waals surface area (Å²) < 4.78 is 0. The van der Waals surface area contributed by atoms with Crippen LogP contribution in [0.4, 0.5) is 0 Å². The molecule has 0 amide bonds. The first-order chi connectivity index (χ1) is 6.72. The van der Waals surface area contributed by atoms with E-state index in [-0.39, 0.29) is 0 Å². The highest BCUT2D eigenvalue weighted by molar-refractivity contribution is 4.92. The molecule has 80 valence electrons. The van der Waals surface area contributed by atoms with Gasteiger partial charge in [-0.1, -0.05) is 40.2 Å². The Balaban J connectivity index is 2.66. The topological polar surface area (TPSA) is 0 Å². The summed E-state index contributed by atoms with van der Waals surface area (Å²) >= 11 is 0. The maximum atomic E-state index is 3.69. The number of hydrogen-bond acceptors (Lipinski definition) is 0. The van der Waals surface area contributed by atoms with Crippen molar-refractivity contribution < 1.29 is 0 Å². The number of allylic oxidation sites excluding steroid dienone is 1. The summed E-state index contributed by atoms with van der Waals surface area (Å²) in [5.74, 6) is 3.51. The molecule has 0 spiro atoms. The fourth-order valence-electron chi connectivity index (χ4n) is 3.28. The summed E-state index contributed by atoms with van der Waals surface area (Å²) in [6.45, 7) is 10.8. The smallest absolute Gasteiger partial charge is 0.0152 e. The van der Waals surface area contributed by atoms with Gasteiger partial charge in [0.05, 0.1) is 0 Å². The van der Waals surface area contributed by atoms with Gasteiger partial charge in [0.15, 0.2) is 0 Å². The van der Waals surface area contributed by atoms with Gasteiger partial charge >= 0.3 is 0 Å². The van der Waals surface area contributed by atoms with E-state index in [9.17, 15) is 0 Å². The lowest BCUT2D eigenvalue weighted by molar-refractivity contribution is 0.127. The highest BCUT2D eigenvalue weighted by Gasteiger charge is 2.32.